The van der Waals surface area contributed by atoms with Crippen molar-refractivity contribution in [2.24, 2.45) is 0 Å². The van der Waals surface area contributed by atoms with Crippen molar-refractivity contribution >= 4 is 11.6 Å². The Balaban J connectivity index is 1.08. The zero-order valence-corrected chi connectivity index (χ0v) is 23.5. The number of rotatable bonds is 8. The van der Waals surface area contributed by atoms with E-state index in [1.807, 2.05) is 67.6 Å². The highest BCUT2D eigenvalue weighted by molar-refractivity contribution is 6.11. The van der Waals surface area contributed by atoms with E-state index in [0.717, 1.165) is 27.8 Å². The lowest BCUT2D eigenvalue weighted by atomic mass is 9.98. The van der Waals surface area contributed by atoms with Gasteiger partial charge >= 0.3 is 0 Å². The Kier molecular flexibility index (Phi) is 7.66. The summed E-state index contributed by atoms with van der Waals surface area (Å²) in [7, 11) is 0. The summed E-state index contributed by atoms with van der Waals surface area (Å²) in [6, 6.07) is 44.6. The lowest BCUT2D eigenvalue weighted by Gasteiger charge is -2.09. The minimum absolute atomic E-state index is 0.0722. The standard InChI is InChI=1S/C39H28O4/c1-26-2-4-31(5-3-26)38(41)32-10-12-33(13-11-32)39(42)34-18-24-37(25-19-34)43-36-22-16-30(17-23-36)28-8-6-27(7-9-28)29-14-20-35(40)21-15-29/h2-25,40H,1H3. The second-order valence-corrected chi connectivity index (χ2v) is 10.4. The number of phenolic OH excluding ortho intramolecular Hbond substituents is 1. The highest BCUT2D eigenvalue weighted by atomic mass is 16.5. The number of aromatic hydroxyl groups is 1. The monoisotopic (exact) mass is 560 g/mol. The molecule has 0 aliphatic rings. The third-order valence-electron chi connectivity index (χ3n) is 7.35. The number of phenols is 1. The molecule has 1 N–H and O–H groups in total. The van der Waals surface area contributed by atoms with Gasteiger partial charge in [0.1, 0.15) is 17.2 Å². The molecule has 0 amide bonds. The van der Waals surface area contributed by atoms with E-state index >= 15 is 0 Å². The number of benzene rings is 6. The summed E-state index contributed by atoms with van der Waals surface area (Å²) in [5.74, 6) is 1.38. The van der Waals surface area contributed by atoms with Crippen LogP contribution in [0.3, 0.4) is 0 Å². The van der Waals surface area contributed by atoms with Crippen molar-refractivity contribution in [1.82, 2.24) is 0 Å². The van der Waals surface area contributed by atoms with Crippen molar-refractivity contribution in [3.05, 3.63) is 173 Å². The molecule has 0 aliphatic heterocycles. The molecule has 6 aromatic carbocycles. The van der Waals surface area contributed by atoms with Crippen LogP contribution in [0.5, 0.6) is 17.2 Å². The Labute approximate surface area is 250 Å². The minimum Gasteiger partial charge on any atom is -0.508 e. The number of carbonyl (C=O) groups excluding carboxylic acids is 2. The minimum atomic E-state index is -0.123. The second kappa shape index (κ2) is 12.0. The molecular formula is C39H28O4. The van der Waals surface area contributed by atoms with Crippen LogP contribution in [0, 0.1) is 6.92 Å². The van der Waals surface area contributed by atoms with Crippen molar-refractivity contribution in [1.29, 1.82) is 0 Å². The Bertz CT molecular complexity index is 1870. The number of aryl methyl sites for hydroxylation is 1. The summed E-state index contributed by atoms with van der Waals surface area (Å²) >= 11 is 0. The zero-order valence-electron chi connectivity index (χ0n) is 23.5. The SMILES string of the molecule is Cc1ccc(C(=O)c2ccc(C(=O)c3ccc(Oc4ccc(-c5ccc(-c6ccc(O)cc6)cc5)cc4)cc3)cc2)cc1. The number of hydrogen-bond donors (Lipinski definition) is 1. The van der Waals surface area contributed by atoms with Gasteiger partial charge in [0.25, 0.3) is 0 Å². The summed E-state index contributed by atoms with van der Waals surface area (Å²) in [5, 5.41) is 9.51. The van der Waals surface area contributed by atoms with Gasteiger partial charge in [-0.15, -0.1) is 0 Å². The Morgan fingerprint density at radius 2 is 0.698 bits per heavy atom. The summed E-state index contributed by atoms with van der Waals surface area (Å²) in [4.78, 5) is 25.8. The maximum atomic E-state index is 13.1. The molecule has 0 fully saturated rings. The summed E-state index contributed by atoms with van der Waals surface area (Å²) < 4.78 is 6.02. The lowest BCUT2D eigenvalue weighted by Crippen LogP contribution is -2.04. The van der Waals surface area contributed by atoms with Crippen LogP contribution >= 0.6 is 0 Å². The van der Waals surface area contributed by atoms with Gasteiger partial charge in [0.2, 0.25) is 0 Å². The van der Waals surface area contributed by atoms with Gasteiger partial charge < -0.3 is 9.84 Å². The van der Waals surface area contributed by atoms with Gasteiger partial charge in [-0.25, -0.2) is 0 Å². The van der Waals surface area contributed by atoms with Gasteiger partial charge in [0.15, 0.2) is 11.6 Å². The van der Waals surface area contributed by atoms with Crippen LogP contribution in [0.2, 0.25) is 0 Å². The number of ketones is 2. The molecule has 0 unspecified atom stereocenters. The van der Waals surface area contributed by atoms with E-state index in [0.29, 0.717) is 33.8 Å². The third-order valence-corrected chi connectivity index (χ3v) is 7.35. The molecule has 6 rings (SSSR count). The molecular weight excluding hydrogens is 532 g/mol. The molecule has 208 valence electrons. The molecule has 0 spiro atoms. The zero-order chi connectivity index (χ0) is 29.8. The Morgan fingerprint density at radius 1 is 0.419 bits per heavy atom. The lowest BCUT2D eigenvalue weighted by molar-refractivity contribution is 0.102. The second-order valence-electron chi connectivity index (χ2n) is 10.4. The molecule has 0 heterocycles. The van der Waals surface area contributed by atoms with E-state index in [2.05, 4.69) is 24.3 Å². The number of hydrogen-bond acceptors (Lipinski definition) is 4. The summed E-state index contributed by atoms with van der Waals surface area (Å²) in [6.45, 7) is 1.98. The van der Waals surface area contributed by atoms with Crippen LogP contribution in [0.15, 0.2) is 146 Å². The van der Waals surface area contributed by atoms with Crippen LogP contribution in [-0.4, -0.2) is 16.7 Å². The van der Waals surface area contributed by atoms with Crippen LogP contribution in [0.4, 0.5) is 0 Å². The van der Waals surface area contributed by atoms with Gasteiger partial charge in [0, 0.05) is 22.3 Å². The normalized spacial score (nSPS) is 10.7. The molecule has 6 aromatic rings. The first-order valence-electron chi connectivity index (χ1n) is 14.0. The van der Waals surface area contributed by atoms with Crippen LogP contribution in [-0.2, 0) is 0 Å². The van der Waals surface area contributed by atoms with Crippen molar-refractivity contribution in [3.63, 3.8) is 0 Å². The van der Waals surface area contributed by atoms with E-state index in [1.165, 1.54) is 0 Å². The van der Waals surface area contributed by atoms with E-state index in [-0.39, 0.29) is 17.3 Å². The van der Waals surface area contributed by atoms with Gasteiger partial charge in [-0.05, 0) is 77.7 Å². The molecule has 43 heavy (non-hydrogen) atoms. The van der Waals surface area contributed by atoms with E-state index in [4.69, 9.17) is 4.74 Å². The van der Waals surface area contributed by atoms with E-state index < -0.39 is 0 Å². The van der Waals surface area contributed by atoms with Crippen molar-refractivity contribution in [2.75, 3.05) is 0 Å². The van der Waals surface area contributed by atoms with Crippen LogP contribution < -0.4 is 4.74 Å². The van der Waals surface area contributed by atoms with Gasteiger partial charge in [-0.3, -0.25) is 9.59 Å². The molecule has 0 saturated carbocycles. The first-order valence-corrected chi connectivity index (χ1v) is 14.0. The maximum Gasteiger partial charge on any atom is 0.193 e. The summed E-state index contributed by atoms with van der Waals surface area (Å²) in [6.07, 6.45) is 0. The molecule has 4 nitrogen and oxygen atoms in total. The van der Waals surface area contributed by atoms with Crippen LogP contribution in [0.1, 0.15) is 37.4 Å². The summed E-state index contributed by atoms with van der Waals surface area (Å²) in [5.41, 5.74) is 7.59. The van der Waals surface area contributed by atoms with Crippen molar-refractivity contribution in [3.8, 4) is 39.5 Å². The van der Waals surface area contributed by atoms with E-state index in [1.54, 1.807) is 60.7 Å². The fraction of sp³-hybridized carbons (Fsp3) is 0.0256. The molecule has 0 aliphatic carbocycles. The molecule has 0 aromatic heterocycles. The highest BCUT2D eigenvalue weighted by Crippen LogP contribution is 2.29. The Morgan fingerprint density at radius 3 is 1.09 bits per heavy atom. The predicted molar refractivity (Wildman–Crippen MR) is 170 cm³/mol. The fourth-order valence-corrected chi connectivity index (χ4v) is 4.85. The average molecular weight is 561 g/mol. The van der Waals surface area contributed by atoms with Gasteiger partial charge in [-0.2, -0.15) is 0 Å². The number of carbonyl (C=O) groups is 2. The first-order chi connectivity index (χ1) is 20.9. The molecule has 0 saturated heterocycles. The van der Waals surface area contributed by atoms with Gasteiger partial charge in [0.05, 0.1) is 0 Å². The molecule has 0 bridgehead atoms. The topological polar surface area (TPSA) is 63.6 Å². The largest absolute Gasteiger partial charge is 0.508 e. The fourth-order valence-electron chi connectivity index (χ4n) is 4.85. The molecule has 4 heteroatoms. The van der Waals surface area contributed by atoms with Crippen LogP contribution in [0.25, 0.3) is 22.3 Å². The molecule has 0 radical (unpaired) electrons. The first kappa shape index (κ1) is 27.4. The maximum absolute atomic E-state index is 13.1. The number of ether oxygens (including phenoxy) is 1. The van der Waals surface area contributed by atoms with Crippen molar-refractivity contribution < 1.29 is 19.4 Å². The van der Waals surface area contributed by atoms with Crippen molar-refractivity contribution in [2.45, 2.75) is 6.92 Å². The smallest absolute Gasteiger partial charge is 0.193 e. The average Bonchev–Trinajstić information content (AvgIpc) is 3.06. The Hall–Kier alpha value is -5.74. The molecule has 0 atom stereocenters. The third kappa shape index (κ3) is 6.29. The quantitative estimate of drug-likeness (QED) is 0.188. The highest BCUT2D eigenvalue weighted by Gasteiger charge is 2.13. The van der Waals surface area contributed by atoms with Gasteiger partial charge in [-0.1, -0.05) is 103 Å². The van der Waals surface area contributed by atoms with E-state index in [9.17, 15) is 14.7 Å². The predicted octanol–water partition coefficient (Wildman–Crippen LogP) is 9.29.